The lowest BCUT2D eigenvalue weighted by Crippen LogP contribution is -2.13. The Morgan fingerprint density at radius 1 is 1.20 bits per heavy atom. The zero-order valence-corrected chi connectivity index (χ0v) is 15.2. The van der Waals surface area contributed by atoms with E-state index in [0.717, 1.165) is 38.5 Å². The van der Waals surface area contributed by atoms with E-state index in [4.69, 9.17) is 5.26 Å². The summed E-state index contributed by atoms with van der Waals surface area (Å²) in [7, 11) is 1.40. The number of methoxy groups -OCH3 is 1. The Morgan fingerprint density at radius 3 is 2.68 bits per heavy atom. The number of esters is 1. The number of carbonyl (C=O) groups is 3. The number of rotatable bonds is 12. The van der Waals surface area contributed by atoms with Gasteiger partial charge in [0, 0.05) is 31.6 Å². The molecule has 1 rings (SSSR count). The quantitative estimate of drug-likeness (QED) is 0.303. The van der Waals surface area contributed by atoms with Gasteiger partial charge in [-0.15, -0.1) is 0 Å². The van der Waals surface area contributed by atoms with E-state index < -0.39 is 0 Å². The first kappa shape index (κ1) is 21.1. The minimum Gasteiger partial charge on any atom is -0.469 e. The Morgan fingerprint density at radius 2 is 1.96 bits per heavy atom. The summed E-state index contributed by atoms with van der Waals surface area (Å²) >= 11 is 0. The third-order valence-electron chi connectivity index (χ3n) is 4.77. The molecule has 1 fully saturated rings. The van der Waals surface area contributed by atoms with Gasteiger partial charge in [0.15, 0.2) is 5.78 Å². The second-order valence-electron chi connectivity index (χ2n) is 6.64. The summed E-state index contributed by atoms with van der Waals surface area (Å²) in [5.74, 6) is 0.374. The highest BCUT2D eigenvalue weighted by molar-refractivity contribution is 5.90. The van der Waals surface area contributed by atoms with E-state index in [9.17, 15) is 14.4 Å². The zero-order valence-electron chi connectivity index (χ0n) is 15.2. The molecule has 0 heterocycles. The van der Waals surface area contributed by atoms with Crippen molar-refractivity contribution in [2.24, 2.45) is 11.8 Å². The highest BCUT2D eigenvalue weighted by Gasteiger charge is 2.32. The van der Waals surface area contributed by atoms with Crippen LogP contribution >= 0.6 is 0 Å². The largest absolute Gasteiger partial charge is 0.469 e. The van der Waals surface area contributed by atoms with Crippen LogP contribution in [0, 0.1) is 23.2 Å². The molecule has 1 aliphatic rings. The molecule has 0 aromatic rings. The van der Waals surface area contributed by atoms with Crippen molar-refractivity contribution in [1.82, 2.24) is 0 Å². The van der Waals surface area contributed by atoms with Gasteiger partial charge in [-0.1, -0.05) is 25.3 Å². The summed E-state index contributed by atoms with van der Waals surface area (Å²) in [4.78, 5) is 34.9. The molecule has 0 amide bonds. The molecule has 0 spiro atoms. The molecule has 2 atom stereocenters. The van der Waals surface area contributed by atoms with Crippen molar-refractivity contribution in [3.05, 3.63) is 12.2 Å². The Kier molecular flexibility index (Phi) is 10.5. The molecule has 138 valence electrons. The predicted molar refractivity (Wildman–Crippen MR) is 94.6 cm³/mol. The van der Waals surface area contributed by atoms with Crippen molar-refractivity contribution in [2.75, 3.05) is 7.11 Å². The van der Waals surface area contributed by atoms with Crippen LogP contribution in [0.2, 0.25) is 0 Å². The Hall–Kier alpha value is -1.96. The van der Waals surface area contributed by atoms with Crippen molar-refractivity contribution >= 4 is 17.5 Å². The molecule has 5 heteroatoms. The molecule has 0 saturated heterocycles. The summed E-state index contributed by atoms with van der Waals surface area (Å²) in [6, 6.07) is 2.03. The van der Waals surface area contributed by atoms with Crippen LogP contribution in [-0.2, 0) is 19.1 Å². The topological polar surface area (TPSA) is 84.2 Å². The highest BCUT2D eigenvalue weighted by Crippen LogP contribution is 2.33. The number of Topliss-reactive ketones (excluding diaryl/α,β-unsaturated/α-hetero) is 1. The minimum absolute atomic E-state index is 0.0313. The fraction of sp³-hybridized carbons (Fsp3) is 0.700. The molecular weight excluding hydrogens is 318 g/mol. The SMILES string of the molecule is COC(=O)CCCCCCC1C(=O)CCC1C=CC(=O)CCCC#N. The van der Waals surface area contributed by atoms with Gasteiger partial charge < -0.3 is 4.74 Å². The summed E-state index contributed by atoms with van der Waals surface area (Å²) in [6.07, 6.45) is 11.4. The summed E-state index contributed by atoms with van der Waals surface area (Å²) < 4.78 is 4.61. The highest BCUT2D eigenvalue weighted by atomic mass is 16.5. The molecule has 1 aliphatic carbocycles. The van der Waals surface area contributed by atoms with Crippen LogP contribution in [0.3, 0.4) is 0 Å². The van der Waals surface area contributed by atoms with Gasteiger partial charge in [0.25, 0.3) is 0 Å². The van der Waals surface area contributed by atoms with E-state index in [1.807, 2.05) is 12.1 Å². The van der Waals surface area contributed by atoms with Crippen molar-refractivity contribution < 1.29 is 19.1 Å². The maximum Gasteiger partial charge on any atom is 0.305 e. The van der Waals surface area contributed by atoms with E-state index in [1.165, 1.54) is 7.11 Å². The predicted octanol–water partition coefficient (Wildman–Crippen LogP) is 3.91. The number of nitriles is 1. The molecule has 5 nitrogen and oxygen atoms in total. The smallest absolute Gasteiger partial charge is 0.305 e. The summed E-state index contributed by atoms with van der Waals surface area (Å²) in [5.41, 5.74) is 0. The molecule has 0 aromatic carbocycles. The fourth-order valence-corrected chi connectivity index (χ4v) is 3.28. The summed E-state index contributed by atoms with van der Waals surface area (Å²) in [6.45, 7) is 0. The van der Waals surface area contributed by atoms with E-state index in [1.54, 1.807) is 6.08 Å². The lowest BCUT2D eigenvalue weighted by Gasteiger charge is -2.14. The Balaban J connectivity index is 2.29. The third kappa shape index (κ3) is 8.62. The zero-order chi connectivity index (χ0) is 18.5. The van der Waals surface area contributed by atoms with Gasteiger partial charge in [0.2, 0.25) is 0 Å². The van der Waals surface area contributed by atoms with E-state index >= 15 is 0 Å². The number of unbranched alkanes of at least 4 members (excludes halogenated alkanes) is 4. The molecule has 0 aliphatic heterocycles. The summed E-state index contributed by atoms with van der Waals surface area (Å²) in [5, 5.41) is 8.48. The van der Waals surface area contributed by atoms with Crippen LogP contribution in [0.25, 0.3) is 0 Å². The van der Waals surface area contributed by atoms with Crippen molar-refractivity contribution in [2.45, 2.75) is 70.6 Å². The molecule has 0 aromatic heterocycles. The fourth-order valence-electron chi connectivity index (χ4n) is 3.28. The number of ether oxygens (including phenoxy) is 1. The first-order chi connectivity index (χ1) is 12.1. The standard InChI is InChI=1S/C20H29NO4/c1-25-20(24)10-5-3-2-4-9-18-16(12-14-19(18)23)11-13-17(22)8-6-7-15-21/h11,13,16,18H,2-10,12,14H2,1H3. The van der Waals surface area contributed by atoms with Gasteiger partial charge in [0.05, 0.1) is 13.2 Å². The first-order valence-corrected chi connectivity index (χ1v) is 9.26. The number of hydrogen-bond donors (Lipinski definition) is 0. The number of ketones is 2. The van der Waals surface area contributed by atoms with E-state index in [0.29, 0.717) is 37.9 Å². The number of carbonyl (C=O) groups excluding carboxylic acids is 3. The average molecular weight is 347 g/mol. The van der Waals surface area contributed by atoms with Gasteiger partial charge in [0.1, 0.15) is 5.78 Å². The van der Waals surface area contributed by atoms with Crippen LogP contribution in [0.15, 0.2) is 12.2 Å². The normalized spacial score (nSPS) is 19.9. The van der Waals surface area contributed by atoms with Crippen molar-refractivity contribution in [3.63, 3.8) is 0 Å². The van der Waals surface area contributed by atoms with Crippen LogP contribution in [0.5, 0.6) is 0 Å². The van der Waals surface area contributed by atoms with Gasteiger partial charge >= 0.3 is 5.97 Å². The monoisotopic (exact) mass is 347 g/mol. The number of hydrogen-bond acceptors (Lipinski definition) is 5. The van der Waals surface area contributed by atoms with Crippen molar-refractivity contribution in [1.29, 1.82) is 5.26 Å². The molecule has 1 saturated carbocycles. The lowest BCUT2D eigenvalue weighted by molar-refractivity contribution is -0.140. The molecule has 0 N–H and O–H groups in total. The third-order valence-corrected chi connectivity index (χ3v) is 4.77. The van der Waals surface area contributed by atoms with E-state index in [2.05, 4.69) is 4.74 Å². The maximum absolute atomic E-state index is 12.1. The molecule has 25 heavy (non-hydrogen) atoms. The van der Waals surface area contributed by atoms with Gasteiger partial charge in [-0.25, -0.2) is 0 Å². The molecule has 0 radical (unpaired) electrons. The number of allylic oxidation sites excluding steroid dienone is 2. The Bertz CT molecular complexity index is 518. The van der Waals surface area contributed by atoms with Crippen LogP contribution < -0.4 is 0 Å². The number of nitrogens with zero attached hydrogens (tertiary/aromatic N) is 1. The second-order valence-corrected chi connectivity index (χ2v) is 6.64. The molecule has 2 unspecified atom stereocenters. The average Bonchev–Trinajstić information content (AvgIpc) is 2.96. The first-order valence-electron chi connectivity index (χ1n) is 9.26. The minimum atomic E-state index is -0.171. The molecule has 0 bridgehead atoms. The van der Waals surface area contributed by atoms with Crippen LogP contribution in [0.4, 0.5) is 0 Å². The maximum atomic E-state index is 12.1. The molecular formula is C20H29NO4. The second kappa shape index (κ2) is 12.4. The van der Waals surface area contributed by atoms with Gasteiger partial charge in [-0.2, -0.15) is 5.26 Å². The van der Waals surface area contributed by atoms with Crippen LogP contribution in [-0.4, -0.2) is 24.6 Å². The Labute approximate surface area is 150 Å². The van der Waals surface area contributed by atoms with Gasteiger partial charge in [-0.05, 0) is 37.7 Å². The van der Waals surface area contributed by atoms with Crippen molar-refractivity contribution in [3.8, 4) is 6.07 Å². The lowest BCUT2D eigenvalue weighted by atomic mass is 9.89. The van der Waals surface area contributed by atoms with Crippen LogP contribution in [0.1, 0.15) is 70.6 Å². The van der Waals surface area contributed by atoms with E-state index in [-0.39, 0.29) is 23.6 Å². The van der Waals surface area contributed by atoms with Gasteiger partial charge in [-0.3, -0.25) is 14.4 Å².